The molecule has 0 saturated carbocycles. The van der Waals surface area contributed by atoms with Crippen molar-refractivity contribution in [2.24, 2.45) is 0 Å². The molecule has 1 N–H and O–H groups in total. The number of benzene rings is 1. The zero-order valence-electron chi connectivity index (χ0n) is 15.2. The molecule has 2 aromatic heterocycles. The minimum Gasteiger partial charge on any atom is -0.495 e. The van der Waals surface area contributed by atoms with Gasteiger partial charge in [-0.3, -0.25) is 4.79 Å². The predicted molar refractivity (Wildman–Crippen MR) is 115 cm³/mol. The number of carbonyl (C=O) groups excluding carboxylic acids is 1. The van der Waals surface area contributed by atoms with Crippen LogP contribution < -0.4 is 10.1 Å². The fraction of sp³-hybridized carbons (Fsp3) is 0.211. The molecule has 1 amide bonds. The van der Waals surface area contributed by atoms with Gasteiger partial charge in [0.15, 0.2) is 5.16 Å². The van der Waals surface area contributed by atoms with Gasteiger partial charge in [0.2, 0.25) is 5.91 Å². The third-order valence-corrected chi connectivity index (χ3v) is 5.92. The molecule has 0 bridgehead atoms. The van der Waals surface area contributed by atoms with Crippen LogP contribution in [0.5, 0.6) is 5.75 Å². The van der Waals surface area contributed by atoms with Crippen molar-refractivity contribution >= 4 is 46.3 Å². The summed E-state index contributed by atoms with van der Waals surface area (Å²) in [6.45, 7) is 4.39. The standard InChI is InChI=1S/C19H19ClN4O2S2/c1-3-8-24-17(11-14-5-4-9-27-14)22-23-19(24)28-12-18(25)21-13-6-7-16(26-2)15(20)10-13/h3-7,9-10H,1,8,11-12H2,2H3,(H,21,25). The zero-order chi connectivity index (χ0) is 19.9. The second-order valence-corrected chi connectivity index (χ2v) is 8.12. The summed E-state index contributed by atoms with van der Waals surface area (Å²) in [6.07, 6.45) is 2.50. The normalized spacial score (nSPS) is 10.6. The Hall–Kier alpha value is -2.29. The van der Waals surface area contributed by atoms with E-state index in [-0.39, 0.29) is 11.7 Å². The van der Waals surface area contributed by atoms with Crippen LogP contribution >= 0.6 is 34.7 Å². The Kier molecular flexibility index (Phi) is 7.13. The van der Waals surface area contributed by atoms with Gasteiger partial charge in [0, 0.05) is 23.5 Å². The topological polar surface area (TPSA) is 69.0 Å². The molecular formula is C19H19ClN4O2S2. The van der Waals surface area contributed by atoms with Crippen molar-refractivity contribution in [3.63, 3.8) is 0 Å². The van der Waals surface area contributed by atoms with Gasteiger partial charge in [-0.1, -0.05) is 35.5 Å². The van der Waals surface area contributed by atoms with Crippen LogP contribution in [0.1, 0.15) is 10.7 Å². The van der Waals surface area contributed by atoms with Crippen LogP contribution in [0.15, 0.2) is 53.5 Å². The number of nitrogens with one attached hydrogen (secondary N) is 1. The Bertz CT molecular complexity index is 957. The molecule has 0 aliphatic carbocycles. The maximum atomic E-state index is 12.3. The first-order valence-electron chi connectivity index (χ1n) is 8.42. The fourth-order valence-electron chi connectivity index (χ4n) is 2.51. The predicted octanol–water partition coefficient (Wildman–Crippen LogP) is 4.51. The molecule has 28 heavy (non-hydrogen) atoms. The third-order valence-electron chi connectivity index (χ3n) is 3.79. The van der Waals surface area contributed by atoms with E-state index in [2.05, 4.69) is 28.2 Å². The number of thioether (sulfide) groups is 1. The molecule has 0 fully saturated rings. The molecule has 9 heteroatoms. The number of aromatic nitrogens is 3. The SMILES string of the molecule is C=CCn1c(Cc2cccs2)nnc1SCC(=O)Nc1ccc(OC)c(Cl)c1. The summed E-state index contributed by atoms with van der Waals surface area (Å²) in [5.41, 5.74) is 0.613. The quantitative estimate of drug-likeness (QED) is 0.396. The van der Waals surface area contributed by atoms with Crippen molar-refractivity contribution in [1.29, 1.82) is 0 Å². The Labute approximate surface area is 176 Å². The van der Waals surface area contributed by atoms with Crippen LogP contribution in [-0.2, 0) is 17.8 Å². The number of nitrogens with zero attached hydrogens (tertiary/aromatic N) is 3. The van der Waals surface area contributed by atoms with Crippen molar-refractivity contribution in [2.75, 3.05) is 18.2 Å². The molecule has 0 radical (unpaired) electrons. The van der Waals surface area contributed by atoms with Crippen molar-refractivity contribution < 1.29 is 9.53 Å². The summed E-state index contributed by atoms with van der Waals surface area (Å²) in [4.78, 5) is 13.5. The van der Waals surface area contributed by atoms with Gasteiger partial charge in [-0.05, 0) is 29.6 Å². The molecular weight excluding hydrogens is 416 g/mol. The summed E-state index contributed by atoms with van der Waals surface area (Å²) < 4.78 is 7.09. The molecule has 2 heterocycles. The van der Waals surface area contributed by atoms with Crippen LogP contribution in [0, 0.1) is 0 Å². The Balaban J connectivity index is 1.63. The van der Waals surface area contributed by atoms with Crippen molar-refractivity contribution in [3.8, 4) is 5.75 Å². The van der Waals surface area contributed by atoms with E-state index in [1.165, 1.54) is 16.6 Å². The van der Waals surface area contributed by atoms with E-state index in [1.807, 2.05) is 16.0 Å². The lowest BCUT2D eigenvalue weighted by Gasteiger charge is -2.09. The lowest BCUT2D eigenvalue weighted by Crippen LogP contribution is -2.15. The van der Waals surface area contributed by atoms with E-state index >= 15 is 0 Å². The van der Waals surface area contributed by atoms with Crippen molar-refractivity contribution in [3.05, 3.63) is 64.1 Å². The second-order valence-electron chi connectivity index (χ2n) is 5.74. The molecule has 3 aromatic rings. The molecule has 0 atom stereocenters. The van der Waals surface area contributed by atoms with E-state index in [0.29, 0.717) is 34.6 Å². The molecule has 0 unspecified atom stereocenters. The number of hydrogen-bond acceptors (Lipinski definition) is 6. The average molecular weight is 435 g/mol. The lowest BCUT2D eigenvalue weighted by molar-refractivity contribution is -0.113. The number of thiophene rings is 1. The lowest BCUT2D eigenvalue weighted by atomic mass is 10.3. The van der Waals surface area contributed by atoms with Crippen molar-refractivity contribution in [2.45, 2.75) is 18.1 Å². The van der Waals surface area contributed by atoms with Gasteiger partial charge in [-0.25, -0.2) is 0 Å². The number of carbonyl (C=O) groups is 1. The molecule has 0 aliphatic rings. The minimum atomic E-state index is -0.154. The molecule has 1 aromatic carbocycles. The monoisotopic (exact) mass is 434 g/mol. The number of hydrogen-bond donors (Lipinski definition) is 1. The number of halogens is 1. The Morgan fingerprint density at radius 1 is 1.43 bits per heavy atom. The first-order valence-corrected chi connectivity index (χ1v) is 10.7. The number of allylic oxidation sites excluding steroid dienone is 1. The van der Waals surface area contributed by atoms with Crippen LogP contribution in [0.3, 0.4) is 0 Å². The van der Waals surface area contributed by atoms with Gasteiger partial charge in [0.25, 0.3) is 0 Å². The summed E-state index contributed by atoms with van der Waals surface area (Å²) >= 11 is 9.11. The highest BCUT2D eigenvalue weighted by atomic mass is 35.5. The summed E-state index contributed by atoms with van der Waals surface area (Å²) in [5, 5.41) is 14.5. The minimum absolute atomic E-state index is 0.154. The summed E-state index contributed by atoms with van der Waals surface area (Å²) in [5.74, 6) is 1.47. The number of amides is 1. The van der Waals surface area contributed by atoms with Crippen LogP contribution in [0.25, 0.3) is 0 Å². The number of anilines is 1. The molecule has 146 valence electrons. The molecule has 0 spiro atoms. The number of methoxy groups -OCH3 is 1. The van der Waals surface area contributed by atoms with Crippen LogP contribution in [0.2, 0.25) is 5.02 Å². The van der Waals surface area contributed by atoms with Crippen molar-refractivity contribution in [1.82, 2.24) is 14.8 Å². The summed E-state index contributed by atoms with van der Waals surface area (Å²) in [6, 6.07) is 9.19. The highest BCUT2D eigenvalue weighted by Crippen LogP contribution is 2.27. The Morgan fingerprint density at radius 3 is 2.96 bits per heavy atom. The highest BCUT2D eigenvalue weighted by Gasteiger charge is 2.14. The highest BCUT2D eigenvalue weighted by molar-refractivity contribution is 7.99. The third kappa shape index (κ3) is 5.15. The van der Waals surface area contributed by atoms with Gasteiger partial charge in [0.1, 0.15) is 11.6 Å². The van der Waals surface area contributed by atoms with Crippen LogP contribution in [0.4, 0.5) is 5.69 Å². The van der Waals surface area contributed by atoms with E-state index in [1.54, 1.807) is 42.7 Å². The molecule has 3 rings (SSSR count). The molecule has 0 saturated heterocycles. The van der Waals surface area contributed by atoms with E-state index in [0.717, 1.165) is 5.82 Å². The van der Waals surface area contributed by atoms with E-state index in [4.69, 9.17) is 16.3 Å². The molecule has 0 aliphatic heterocycles. The molecule has 6 nitrogen and oxygen atoms in total. The van der Waals surface area contributed by atoms with Gasteiger partial charge in [-0.15, -0.1) is 28.1 Å². The smallest absolute Gasteiger partial charge is 0.234 e. The van der Waals surface area contributed by atoms with Gasteiger partial charge in [-0.2, -0.15) is 0 Å². The summed E-state index contributed by atoms with van der Waals surface area (Å²) in [7, 11) is 1.54. The van der Waals surface area contributed by atoms with E-state index in [9.17, 15) is 4.79 Å². The van der Waals surface area contributed by atoms with E-state index < -0.39 is 0 Å². The first-order chi connectivity index (χ1) is 13.6. The van der Waals surface area contributed by atoms with Gasteiger partial charge < -0.3 is 14.6 Å². The maximum Gasteiger partial charge on any atom is 0.234 e. The fourth-order valence-corrected chi connectivity index (χ4v) is 4.24. The van der Waals surface area contributed by atoms with Gasteiger partial charge >= 0.3 is 0 Å². The zero-order valence-corrected chi connectivity index (χ0v) is 17.6. The average Bonchev–Trinajstić information content (AvgIpc) is 3.32. The van der Waals surface area contributed by atoms with Gasteiger partial charge in [0.05, 0.1) is 17.9 Å². The number of rotatable bonds is 9. The van der Waals surface area contributed by atoms with Crippen LogP contribution in [-0.4, -0.2) is 33.5 Å². The first kappa shape index (κ1) is 20.4. The maximum absolute atomic E-state index is 12.3. The second kappa shape index (κ2) is 9.77. The number of ether oxygens (including phenoxy) is 1. The largest absolute Gasteiger partial charge is 0.495 e. The Morgan fingerprint density at radius 2 is 2.29 bits per heavy atom.